The zero-order chi connectivity index (χ0) is 14.5. The van der Waals surface area contributed by atoms with E-state index < -0.39 is 11.7 Å². The predicted octanol–water partition coefficient (Wildman–Crippen LogP) is 4.01. The first-order valence-electron chi connectivity index (χ1n) is 5.83. The fraction of sp³-hybridized carbons (Fsp3) is 0.462. The molecule has 0 aromatic heterocycles. The van der Waals surface area contributed by atoms with Gasteiger partial charge < -0.3 is 14.8 Å². The molecule has 0 aliphatic carbocycles. The summed E-state index contributed by atoms with van der Waals surface area (Å²) in [5.74, 6) is 0.565. The van der Waals surface area contributed by atoms with E-state index in [1.807, 2.05) is 32.9 Å². The first-order valence-corrected chi connectivity index (χ1v) is 7.00. The molecular formula is C13H17BrClNO3. The van der Waals surface area contributed by atoms with Gasteiger partial charge in [-0.15, -0.1) is 0 Å². The van der Waals surface area contributed by atoms with Crippen molar-refractivity contribution in [1.82, 2.24) is 5.32 Å². The van der Waals surface area contributed by atoms with Crippen LogP contribution in [0.25, 0.3) is 0 Å². The molecule has 0 radical (unpaired) electrons. The van der Waals surface area contributed by atoms with Crippen LogP contribution in [0, 0.1) is 0 Å². The summed E-state index contributed by atoms with van der Waals surface area (Å²) in [4.78, 5) is 11.4. The van der Waals surface area contributed by atoms with Gasteiger partial charge in [0.2, 0.25) is 0 Å². The van der Waals surface area contributed by atoms with Crippen molar-refractivity contribution in [3.05, 3.63) is 27.7 Å². The highest BCUT2D eigenvalue weighted by molar-refractivity contribution is 9.10. The Balaban J connectivity index is 2.34. The second-order valence-electron chi connectivity index (χ2n) is 4.83. The van der Waals surface area contributed by atoms with Gasteiger partial charge in [0.15, 0.2) is 5.75 Å². The van der Waals surface area contributed by atoms with E-state index >= 15 is 0 Å². The van der Waals surface area contributed by atoms with E-state index in [1.165, 1.54) is 0 Å². The van der Waals surface area contributed by atoms with Crippen LogP contribution in [-0.4, -0.2) is 24.8 Å². The Hall–Kier alpha value is -0.940. The number of hydrogen-bond acceptors (Lipinski definition) is 3. The van der Waals surface area contributed by atoms with Gasteiger partial charge >= 0.3 is 6.09 Å². The minimum Gasteiger partial charge on any atom is -0.489 e. The minimum absolute atomic E-state index is 0.307. The SMILES string of the molecule is CC(C)(C)OC(=O)NCCOc1c(Cl)cccc1Br. The lowest BCUT2D eigenvalue weighted by Crippen LogP contribution is -2.34. The summed E-state index contributed by atoms with van der Waals surface area (Å²) in [6, 6.07) is 5.39. The molecule has 1 rings (SSSR count). The topological polar surface area (TPSA) is 47.6 Å². The minimum atomic E-state index is -0.503. The number of carbonyl (C=O) groups is 1. The molecule has 0 atom stereocenters. The maximum atomic E-state index is 11.4. The Morgan fingerprint density at radius 3 is 2.68 bits per heavy atom. The first-order chi connectivity index (χ1) is 8.79. The molecule has 0 saturated carbocycles. The third kappa shape index (κ3) is 6.16. The fourth-order valence-corrected chi connectivity index (χ4v) is 2.06. The number of halogens is 2. The molecule has 0 bridgehead atoms. The van der Waals surface area contributed by atoms with Gasteiger partial charge in [0.25, 0.3) is 0 Å². The Kier molecular flexibility index (Phi) is 5.94. The van der Waals surface area contributed by atoms with Crippen LogP contribution in [-0.2, 0) is 4.74 Å². The van der Waals surface area contributed by atoms with Crippen molar-refractivity contribution in [1.29, 1.82) is 0 Å². The summed E-state index contributed by atoms with van der Waals surface area (Å²) in [5, 5.41) is 3.12. The monoisotopic (exact) mass is 349 g/mol. The van der Waals surface area contributed by atoms with Crippen LogP contribution in [0.5, 0.6) is 5.75 Å². The molecule has 0 heterocycles. The predicted molar refractivity (Wildman–Crippen MR) is 78.9 cm³/mol. The van der Waals surface area contributed by atoms with Gasteiger partial charge in [0.05, 0.1) is 16.0 Å². The molecule has 0 saturated heterocycles. The van der Waals surface area contributed by atoms with Gasteiger partial charge in [0, 0.05) is 0 Å². The highest BCUT2D eigenvalue weighted by Gasteiger charge is 2.15. The van der Waals surface area contributed by atoms with Gasteiger partial charge in [0.1, 0.15) is 12.2 Å². The zero-order valence-electron chi connectivity index (χ0n) is 11.1. The van der Waals surface area contributed by atoms with Gasteiger partial charge in [-0.3, -0.25) is 0 Å². The molecule has 0 aliphatic heterocycles. The second-order valence-corrected chi connectivity index (χ2v) is 6.09. The molecular weight excluding hydrogens is 334 g/mol. The molecule has 19 heavy (non-hydrogen) atoms. The molecule has 106 valence electrons. The number of ether oxygens (including phenoxy) is 2. The van der Waals surface area contributed by atoms with Crippen molar-refractivity contribution in [2.45, 2.75) is 26.4 Å². The molecule has 1 aromatic rings. The molecule has 6 heteroatoms. The van der Waals surface area contributed by atoms with E-state index in [1.54, 1.807) is 6.07 Å². The van der Waals surface area contributed by atoms with E-state index in [0.29, 0.717) is 23.9 Å². The Bertz CT molecular complexity index is 426. The van der Waals surface area contributed by atoms with Crippen LogP contribution in [0.3, 0.4) is 0 Å². The first kappa shape index (κ1) is 16.1. The molecule has 1 aromatic carbocycles. The van der Waals surface area contributed by atoms with E-state index in [9.17, 15) is 4.79 Å². The highest BCUT2D eigenvalue weighted by atomic mass is 79.9. The van der Waals surface area contributed by atoms with Crippen LogP contribution in [0.2, 0.25) is 5.02 Å². The Morgan fingerprint density at radius 2 is 2.11 bits per heavy atom. The largest absolute Gasteiger partial charge is 0.489 e. The van der Waals surface area contributed by atoms with Crippen LogP contribution in [0.4, 0.5) is 4.79 Å². The van der Waals surface area contributed by atoms with E-state index in [-0.39, 0.29) is 0 Å². The summed E-state index contributed by atoms with van der Waals surface area (Å²) in [7, 11) is 0. The maximum Gasteiger partial charge on any atom is 0.407 e. The third-order valence-electron chi connectivity index (χ3n) is 1.94. The quantitative estimate of drug-likeness (QED) is 0.835. The Morgan fingerprint density at radius 1 is 1.42 bits per heavy atom. The van der Waals surface area contributed by atoms with Crippen molar-refractivity contribution in [2.24, 2.45) is 0 Å². The van der Waals surface area contributed by atoms with Crippen LogP contribution in [0.15, 0.2) is 22.7 Å². The number of hydrogen-bond donors (Lipinski definition) is 1. The van der Waals surface area contributed by atoms with Crippen molar-refractivity contribution in [2.75, 3.05) is 13.2 Å². The standard InChI is InChI=1S/C13H17BrClNO3/c1-13(2,3)19-12(17)16-7-8-18-11-9(14)5-4-6-10(11)15/h4-6H,7-8H2,1-3H3,(H,16,17). The van der Waals surface area contributed by atoms with E-state index in [4.69, 9.17) is 21.1 Å². The lowest BCUT2D eigenvalue weighted by Gasteiger charge is -2.19. The summed E-state index contributed by atoms with van der Waals surface area (Å²) in [5.41, 5.74) is -0.503. The number of alkyl carbamates (subject to hydrolysis) is 1. The van der Waals surface area contributed by atoms with Crippen LogP contribution >= 0.6 is 27.5 Å². The highest BCUT2D eigenvalue weighted by Crippen LogP contribution is 2.32. The van der Waals surface area contributed by atoms with Crippen molar-refractivity contribution in [3.63, 3.8) is 0 Å². The van der Waals surface area contributed by atoms with Crippen molar-refractivity contribution >= 4 is 33.6 Å². The normalized spacial score (nSPS) is 11.0. The fourth-order valence-electron chi connectivity index (χ4n) is 1.24. The lowest BCUT2D eigenvalue weighted by atomic mass is 10.2. The van der Waals surface area contributed by atoms with Gasteiger partial charge in [-0.1, -0.05) is 17.7 Å². The average Bonchev–Trinajstić information content (AvgIpc) is 2.25. The smallest absolute Gasteiger partial charge is 0.407 e. The summed E-state index contributed by atoms with van der Waals surface area (Å²) in [6.45, 7) is 6.08. The van der Waals surface area contributed by atoms with Crippen molar-refractivity contribution in [3.8, 4) is 5.75 Å². The summed E-state index contributed by atoms with van der Waals surface area (Å²) in [6.07, 6.45) is -0.464. The van der Waals surface area contributed by atoms with E-state index in [0.717, 1.165) is 4.47 Å². The van der Waals surface area contributed by atoms with Crippen LogP contribution < -0.4 is 10.1 Å². The second kappa shape index (κ2) is 7.01. The van der Waals surface area contributed by atoms with Crippen molar-refractivity contribution < 1.29 is 14.3 Å². The number of rotatable bonds is 4. The maximum absolute atomic E-state index is 11.4. The number of benzene rings is 1. The Labute approximate surface area is 126 Å². The molecule has 0 unspecified atom stereocenters. The third-order valence-corrected chi connectivity index (χ3v) is 2.86. The lowest BCUT2D eigenvalue weighted by molar-refractivity contribution is 0.0520. The van der Waals surface area contributed by atoms with Crippen LogP contribution in [0.1, 0.15) is 20.8 Å². The van der Waals surface area contributed by atoms with Gasteiger partial charge in [-0.25, -0.2) is 4.79 Å². The van der Waals surface area contributed by atoms with E-state index in [2.05, 4.69) is 21.2 Å². The summed E-state index contributed by atoms with van der Waals surface area (Å²) >= 11 is 9.34. The number of para-hydroxylation sites is 1. The van der Waals surface area contributed by atoms with Gasteiger partial charge in [-0.05, 0) is 48.8 Å². The zero-order valence-corrected chi connectivity index (χ0v) is 13.5. The number of nitrogens with one attached hydrogen (secondary N) is 1. The molecule has 1 N–H and O–H groups in total. The average molecular weight is 351 g/mol. The molecule has 1 amide bonds. The molecule has 0 spiro atoms. The summed E-state index contributed by atoms with van der Waals surface area (Å²) < 4.78 is 11.4. The van der Waals surface area contributed by atoms with Gasteiger partial charge in [-0.2, -0.15) is 0 Å². The molecule has 0 aliphatic rings. The molecule has 4 nitrogen and oxygen atoms in total. The number of carbonyl (C=O) groups excluding carboxylic acids is 1. The molecule has 0 fully saturated rings. The number of amides is 1.